The van der Waals surface area contributed by atoms with Crippen molar-refractivity contribution in [3.05, 3.63) is 24.3 Å². The van der Waals surface area contributed by atoms with Crippen LogP contribution in [0, 0.1) is 0 Å². The summed E-state index contributed by atoms with van der Waals surface area (Å²) in [5.41, 5.74) is 0. The van der Waals surface area contributed by atoms with E-state index in [1.54, 1.807) is 0 Å². The van der Waals surface area contributed by atoms with E-state index in [4.69, 9.17) is 18.5 Å². The molecule has 0 aliphatic heterocycles. The molecule has 0 aliphatic rings. The van der Waals surface area contributed by atoms with E-state index in [0.29, 0.717) is 24.1 Å². The molecular weight excluding hydrogens is 697 g/mol. The maximum absolute atomic E-state index is 12.6. The van der Waals surface area contributed by atoms with E-state index >= 15 is 0 Å². The number of hydrogen-bond acceptors (Lipinski definition) is 7. The Morgan fingerprint density at radius 1 is 0.556 bits per heavy atom. The first kappa shape index (κ1) is 53.0. The van der Waals surface area contributed by atoms with Crippen molar-refractivity contribution in [2.45, 2.75) is 206 Å². The van der Waals surface area contributed by atoms with Crippen LogP contribution < -0.4 is 4.89 Å². The highest BCUT2D eigenvalue weighted by molar-refractivity contribution is 7.45. The van der Waals surface area contributed by atoms with Gasteiger partial charge in [0, 0.05) is 13.0 Å². The summed E-state index contributed by atoms with van der Waals surface area (Å²) in [6.07, 6.45) is 43.3. The van der Waals surface area contributed by atoms with Crippen LogP contribution in [0.4, 0.5) is 0 Å². The molecule has 0 radical (unpaired) electrons. The van der Waals surface area contributed by atoms with Gasteiger partial charge in [0.25, 0.3) is 7.82 Å². The van der Waals surface area contributed by atoms with E-state index in [1.807, 2.05) is 21.1 Å². The lowest BCUT2D eigenvalue weighted by Gasteiger charge is -2.28. The fraction of sp³-hybridized carbons (Fsp3) is 0.889. The summed E-state index contributed by atoms with van der Waals surface area (Å²) in [5.74, 6) is -0.343. The molecule has 0 spiro atoms. The monoisotopic (exact) mass is 786 g/mol. The van der Waals surface area contributed by atoms with Gasteiger partial charge >= 0.3 is 5.97 Å². The second kappa shape index (κ2) is 38.8. The predicted molar refractivity (Wildman–Crippen MR) is 227 cm³/mol. The SMILES string of the molecule is CCCCC/C=C\CCCCCCCC(=O)OC(COCCCCCCCCCCCC/C=C\CCCCCCCC)COP(=O)([O-])OCC[N+](C)(C)C. The number of quaternary nitrogens is 1. The molecule has 0 saturated heterocycles. The summed E-state index contributed by atoms with van der Waals surface area (Å²) < 4.78 is 34.6. The average Bonchev–Trinajstić information content (AvgIpc) is 3.12. The third-order valence-corrected chi connectivity index (χ3v) is 10.7. The number of ether oxygens (including phenoxy) is 2. The zero-order valence-corrected chi connectivity index (χ0v) is 37.1. The van der Waals surface area contributed by atoms with Crippen LogP contribution in [0.3, 0.4) is 0 Å². The third kappa shape index (κ3) is 42.1. The number of carbonyl (C=O) groups excluding carboxylic acids is 1. The van der Waals surface area contributed by atoms with Gasteiger partial charge in [-0.1, -0.05) is 154 Å². The molecule has 0 heterocycles. The molecule has 0 bridgehead atoms. The van der Waals surface area contributed by atoms with Crippen molar-refractivity contribution in [3.63, 3.8) is 0 Å². The van der Waals surface area contributed by atoms with Crippen molar-refractivity contribution in [1.82, 2.24) is 0 Å². The Kier molecular flexibility index (Phi) is 38.1. The molecule has 0 fully saturated rings. The highest BCUT2D eigenvalue weighted by Crippen LogP contribution is 2.38. The van der Waals surface area contributed by atoms with Crippen molar-refractivity contribution in [3.8, 4) is 0 Å². The molecule has 0 N–H and O–H groups in total. The summed E-state index contributed by atoms with van der Waals surface area (Å²) in [4.78, 5) is 25.0. The third-order valence-electron chi connectivity index (χ3n) is 9.73. The number of phosphoric acid groups is 1. The number of nitrogens with zero attached hydrogens (tertiary/aromatic N) is 1. The first-order valence-corrected chi connectivity index (χ1v) is 24.0. The van der Waals surface area contributed by atoms with Crippen LogP contribution in [-0.2, 0) is 27.9 Å². The van der Waals surface area contributed by atoms with Crippen LogP contribution in [-0.4, -0.2) is 70.7 Å². The Morgan fingerprint density at radius 3 is 1.44 bits per heavy atom. The van der Waals surface area contributed by atoms with Crippen LogP contribution in [0.1, 0.15) is 200 Å². The number of unbranched alkanes of at least 4 members (excludes halogenated alkanes) is 24. The lowest BCUT2D eigenvalue weighted by Crippen LogP contribution is -2.37. The number of allylic oxidation sites excluding steroid dienone is 4. The normalized spacial score (nSPS) is 14.0. The average molecular weight is 786 g/mol. The van der Waals surface area contributed by atoms with Gasteiger partial charge in [0.05, 0.1) is 34.4 Å². The fourth-order valence-corrected chi connectivity index (χ4v) is 6.91. The summed E-state index contributed by atoms with van der Waals surface area (Å²) in [6, 6.07) is 0. The Hall–Kier alpha value is -1.02. The van der Waals surface area contributed by atoms with Crippen LogP contribution in [0.15, 0.2) is 24.3 Å². The number of rotatable bonds is 42. The molecule has 0 amide bonds. The van der Waals surface area contributed by atoms with Gasteiger partial charge in [-0.15, -0.1) is 0 Å². The molecule has 2 unspecified atom stereocenters. The summed E-state index contributed by atoms with van der Waals surface area (Å²) in [7, 11) is 1.35. The van der Waals surface area contributed by atoms with Gasteiger partial charge in [-0.2, -0.15) is 0 Å². The van der Waals surface area contributed by atoms with Gasteiger partial charge < -0.3 is 27.9 Å². The quantitative estimate of drug-likeness (QED) is 0.0200. The minimum absolute atomic E-state index is 0.0255. The van der Waals surface area contributed by atoms with Gasteiger partial charge in [0.15, 0.2) is 0 Å². The van der Waals surface area contributed by atoms with Crippen molar-refractivity contribution < 1.29 is 37.3 Å². The van der Waals surface area contributed by atoms with Crippen LogP contribution in [0.5, 0.6) is 0 Å². The fourth-order valence-electron chi connectivity index (χ4n) is 6.18. The molecule has 8 nitrogen and oxygen atoms in total. The Bertz CT molecular complexity index is 920. The van der Waals surface area contributed by atoms with Crippen molar-refractivity contribution in [1.29, 1.82) is 0 Å². The van der Waals surface area contributed by atoms with Gasteiger partial charge in [-0.25, -0.2) is 0 Å². The zero-order chi connectivity index (χ0) is 39.9. The molecule has 0 aromatic heterocycles. The summed E-state index contributed by atoms with van der Waals surface area (Å²) in [5, 5.41) is 0. The number of esters is 1. The zero-order valence-electron chi connectivity index (χ0n) is 36.2. The van der Waals surface area contributed by atoms with E-state index in [0.717, 1.165) is 44.9 Å². The molecule has 9 heteroatoms. The number of carbonyl (C=O) groups is 1. The predicted octanol–water partition coefficient (Wildman–Crippen LogP) is 12.6. The lowest BCUT2D eigenvalue weighted by molar-refractivity contribution is -0.870. The number of hydrogen-bond donors (Lipinski definition) is 0. The van der Waals surface area contributed by atoms with E-state index in [2.05, 4.69) is 38.2 Å². The largest absolute Gasteiger partial charge is 0.756 e. The van der Waals surface area contributed by atoms with Gasteiger partial charge in [0.2, 0.25) is 0 Å². The van der Waals surface area contributed by atoms with Crippen molar-refractivity contribution in [2.24, 2.45) is 0 Å². The molecule has 2 atom stereocenters. The second-order valence-electron chi connectivity index (χ2n) is 16.4. The van der Waals surface area contributed by atoms with Crippen molar-refractivity contribution in [2.75, 3.05) is 54.1 Å². The van der Waals surface area contributed by atoms with Crippen LogP contribution in [0.2, 0.25) is 0 Å². The minimum atomic E-state index is -4.52. The first-order chi connectivity index (χ1) is 26.1. The summed E-state index contributed by atoms with van der Waals surface area (Å²) >= 11 is 0. The molecule has 54 heavy (non-hydrogen) atoms. The molecule has 0 aliphatic carbocycles. The highest BCUT2D eigenvalue weighted by atomic mass is 31.2. The maximum atomic E-state index is 12.6. The van der Waals surface area contributed by atoms with Gasteiger partial charge in [-0.3, -0.25) is 9.36 Å². The van der Waals surface area contributed by atoms with Crippen LogP contribution in [0.25, 0.3) is 0 Å². The second-order valence-corrected chi connectivity index (χ2v) is 17.8. The Balaban J connectivity index is 4.16. The van der Waals surface area contributed by atoms with E-state index in [-0.39, 0.29) is 25.8 Å². The number of likely N-dealkylation sites (N-methyl/N-ethyl adjacent to an activating group) is 1. The molecule has 320 valence electrons. The molecule has 0 aromatic rings. The van der Waals surface area contributed by atoms with Crippen LogP contribution >= 0.6 is 7.82 Å². The Labute approximate surface area is 334 Å². The lowest BCUT2D eigenvalue weighted by atomic mass is 10.1. The topological polar surface area (TPSA) is 94.1 Å². The number of phosphoric ester groups is 1. The van der Waals surface area contributed by atoms with E-state index < -0.39 is 13.9 Å². The van der Waals surface area contributed by atoms with Gasteiger partial charge in [-0.05, 0) is 64.2 Å². The Morgan fingerprint density at radius 2 is 0.963 bits per heavy atom. The maximum Gasteiger partial charge on any atom is 0.306 e. The molecular formula is C45H88NO7P. The highest BCUT2D eigenvalue weighted by Gasteiger charge is 2.20. The molecule has 0 aromatic carbocycles. The summed E-state index contributed by atoms with van der Waals surface area (Å²) in [6.45, 7) is 5.39. The van der Waals surface area contributed by atoms with Gasteiger partial charge in [0.1, 0.15) is 19.3 Å². The minimum Gasteiger partial charge on any atom is -0.756 e. The molecule has 0 rings (SSSR count). The van der Waals surface area contributed by atoms with E-state index in [9.17, 15) is 14.3 Å². The smallest absolute Gasteiger partial charge is 0.306 e. The standard InChI is InChI=1S/C45H88NO7P/c1-6-8-10-12-14-16-18-20-21-22-23-24-25-26-27-29-31-33-35-37-40-50-42-44(43-52-54(48,49)51-41-39-46(3,4)5)53-45(47)38-36-34-32-30-28-19-17-15-13-11-9-7-2/h15,17,20-21,44H,6-14,16,18-19,22-43H2,1-5H3/b17-15-,21-20-. The molecule has 0 saturated carbocycles. The van der Waals surface area contributed by atoms with Crippen molar-refractivity contribution >= 4 is 13.8 Å². The van der Waals surface area contributed by atoms with E-state index in [1.165, 1.54) is 135 Å². The first-order valence-electron chi connectivity index (χ1n) is 22.6.